The second kappa shape index (κ2) is 4.94. The van der Waals surface area contributed by atoms with Gasteiger partial charge in [-0.3, -0.25) is 9.36 Å². The summed E-state index contributed by atoms with van der Waals surface area (Å²) < 4.78 is 5.94. The van der Waals surface area contributed by atoms with E-state index in [9.17, 15) is 0 Å². The number of aryl methyl sites for hydroxylation is 2. The molecule has 3 heterocycles. The van der Waals surface area contributed by atoms with Crippen LogP contribution in [0, 0.1) is 6.92 Å². The van der Waals surface area contributed by atoms with Crippen LogP contribution in [0.25, 0.3) is 11.2 Å². The van der Waals surface area contributed by atoms with Gasteiger partial charge in [0.1, 0.15) is 11.3 Å². The van der Waals surface area contributed by atoms with Gasteiger partial charge in [-0.15, -0.1) is 11.6 Å². The second-order valence-corrected chi connectivity index (χ2v) is 5.26. The van der Waals surface area contributed by atoms with Gasteiger partial charge in [0.2, 0.25) is 0 Å². The fraction of sp³-hybridized carbons (Fsp3) is 0.462. The average molecular weight is 293 g/mol. The van der Waals surface area contributed by atoms with E-state index in [1.54, 1.807) is 6.20 Å². The summed E-state index contributed by atoms with van der Waals surface area (Å²) >= 11 is 6.06. The molecule has 0 aromatic carbocycles. The highest BCUT2D eigenvalue weighted by Gasteiger charge is 2.20. The fourth-order valence-electron chi connectivity index (χ4n) is 2.66. The molecule has 0 saturated heterocycles. The van der Waals surface area contributed by atoms with Crippen LogP contribution in [0.2, 0.25) is 0 Å². The van der Waals surface area contributed by atoms with Gasteiger partial charge in [0.05, 0.1) is 24.2 Å². The fourth-order valence-corrected chi connectivity index (χ4v) is 2.85. The lowest BCUT2D eigenvalue weighted by Crippen LogP contribution is -2.17. The Labute approximate surface area is 122 Å². The van der Waals surface area contributed by atoms with Crippen LogP contribution < -0.4 is 0 Å². The third kappa shape index (κ3) is 2.00. The number of rotatable bonds is 4. The summed E-state index contributed by atoms with van der Waals surface area (Å²) in [5.41, 5.74) is 2.87. The molecule has 0 spiro atoms. The molecular formula is C13H17ClN6. The summed E-state index contributed by atoms with van der Waals surface area (Å²) in [5, 5.41) is 8.69. The van der Waals surface area contributed by atoms with Crippen LogP contribution in [0.5, 0.6) is 0 Å². The van der Waals surface area contributed by atoms with Crippen molar-refractivity contribution < 1.29 is 0 Å². The van der Waals surface area contributed by atoms with Crippen LogP contribution in [0.4, 0.5) is 0 Å². The molecule has 1 unspecified atom stereocenters. The SMILES string of the molecule is Cc1nn(C)c2c1nc(CCl)n2C(C)Cn1cccn1. The largest absolute Gasteiger partial charge is 0.307 e. The van der Waals surface area contributed by atoms with Crippen molar-refractivity contribution in [2.24, 2.45) is 7.05 Å². The summed E-state index contributed by atoms with van der Waals surface area (Å²) in [6, 6.07) is 2.12. The Balaban J connectivity index is 2.08. The lowest BCUT2D eigenvalue weighted by molar-refractivity contribution is 0.432. The number of alkyl halides is 1. The number of fused-ring (bicyclic) bond motifs is 1. The predicted molar refractivity (Wildman–Crippen MR) is 77.7 cm³/mol. The monoisotopic (exact) mass is 292 g/mol. The Bertz CT molecular complexity index is 724. The van der Waals surface area contributed by atoms with Crippen molar-refractivity contribution in [3.8, 4) is 0 Å². The average Bonchev–Trinajstić information content (AvgIpc) is 3.08. The summed E-state index contributed by atoms with van der Waals surface area (Å²) in [7, 11) is 1.94. The molecule has 1 atom stereocenters. The first kappa shape index (κ1) is 13.2. The topological polar surface area (TPSA) is 53.5 Å². The predicted octanol–water partition coefficient (Wildman–Crippen LogP) is 2.27. The van der Waals surface area contributed by atoms with E-state index >= 15 is 0 Å². The molecule has 0 fully saturated rings. The van der Waals surface area contributed by atoms with Crippen LogP contribution in [0.15, 0.2) is 18.5 Å². The molecule has 20 heavy (non-hydrogen) atoms. The maximum Gasteiger partial charge on any atom is 0.159 e. The van der Waals surface area contributed by atoms with E-state index in [1.165, 1.54) is 0 Å². The van der Waals surface area contributed by atoms with Gasteiger partial charge in [-0.1, -0.05) is 0 Å². The van der Waals surface area contributed by atoms with Gasteiger partial charge in [0.25, 0.3) is 0 Å². The summed E-state index contributed by atoms with van der Waals surface area (Å²) in [6.45, 7) is 4.88. The van der Waals surface area contributed by atoms with E-state index < -0.39 is 0 Å². The quantitative estimate of drug-likeness (QED) is 0.693. The van der Waals surface area contributed by atoms with Gasteiger partial charge in [0.15, 0.2) is 5.65 Å². The molecule has 3 rings (SSSR count). The molecule has 0 radical (unpaired) electrons. The van der Waals surface area contributed by atoms with Crippen molar-refractivity contribution in [2.75, 3.05) is 0 Å². The molecule has 0 bridgehead atoms. The summed E-state index contributed by atoms with van der Waals surface area (Å²) in [4.78, 5) is 4.62. The molecule has 0 aliphatic rings. The lowest BCUT2D eigenvalue weighted by Gasteiger charge is -2.17. The van der Waals surface area contributed by atoms with Crippen LogP contribution >= 0.6 is 11.6 Å². The van der Waals surface area contributed by atoms with Gasteiger partial charge in [-0.2, -0.15) is 10.2 Å². The van der Waals surface area contributed by atoms with Crippen LogP contribution in [-0.4, -0.2) is 29.1 Å². The number of nitrogens with zero attached hydrogens (tertiary/aromatic N) is 6. The molecule has 6 nitrogen and oxygen atoms in total. The van der Waals surface area contributed by atoms with E-state index in [4.69, 9.17) is 11.6 Å². The highest BCUT2D eigenvalue weighted by Crippen LogP contribution is 2.24. The maximum atomic E-state index is 6.06. The van der Waals surface area contributed by atoms with E-state index in [1.807, 2.05) is 35.6 Å². The standard InChI is InChI=1S/C13H17ClN6/c1-9(8-19-6-4-5-15-19)20-11(7-14)16-12-10(2)17-18(3)13(12)20/h4-6,9H,7-8H2,1-3H3. The first-order chi connectivity index (χ1) is 9.61. The molecule has 0 saturated carbocycles. The Kier molecular flexibility index (Phi) is 3.25. The highest BCUT2D eigenvalue weighted by atomic mass is 35.5. The zero-order chi connectivity index (χ0) is 14.3. The van der Waals surface area contributed by atoms with E-state index in [2.05, 4.69) is 26.7 Å². The van der Waals surface area contributed by atoms with E-state index in [-0.39, 0.29) is 6.04 Å². The Morgan fingerprint density at radius 2 is 2.20 bits per heavy atom. The van der Waals surface area contributed by atoms with Crippen molar-refractivity contribution in [3.63, 3.8) is 0 Å². The van der Waals surface area contributed by atoms with Crippen molar-refractivity contribution >= 4 is 22.8 Å². The zero-order valence-electron chi connectivity index (χ0n) is 11.8. The Morgan fingerprint density at radius 1 is 1.40 bits per heavy atom. The molecular weight excluding hydrogens is 276 g/mol. The first-order valence-corrected chi connectivity index (χ1v) is 7.09. The minimum atomic E-state index is 0.198. The third-order valence-corrected chi connectivity index (χ3v) is 3.72. The second-order valence-electron chi connectivity index (χ2n) is 4.99. The first-order valence-electron chi connectivity index (χ1n) is 6.55. The number of aromatic nitrogens is 6. The molecule has 3 aromatic heterocycles. The van der Waals surface area contributed by atoms with E-state index in [0.717, 1.165) is 29.2 Å². The molecule has 106 valence electrons. The molecule has 0 N–H and O–H groups in total. The smallest absolute Gasteiger partial charge is 0.159 e. The van der Waals surface area contributed by atoms with Crippen molar-refractivity contribution in [3.05, 3.63) is 30.0 Å². The van der Waals surface area contributed by atoms with Gasteiger partial charge in [0, 0.05) is 19.4 Å². The van der Waals surface area contributed by atoms with Gasteiger partial charge < -0.3 is 4.57 Å². The van der Waals surface area contributed by atoms with Crippen molar-refractivity contribution in [1.82, 2.24) is 29.1 Å². The van der Waals surface area contributed by atoms with Crippen molar-refractivity contribution in [2.45, 2.75) is 32.3 Å². The normalized spacial score (nSPS) is 13.2. The third-order valence-electron chi connectivity index (χ3n) is 3.48. The van der Waals surface area contributed by atoms with E-state index in [0.29, 0.717) is 5.88 Å². The highest BCUT2D eigenvalue weighted by molar-refractivity contribution is 6.16. The Hall–Kier alpha value is -1.82. The van der Waals surface area contributed by atoms with Gasteiger partial charge in [-0.25, -0.2) is 4.98 Å². The van der Waals surface area contributed by atoms with Crippen LogP contribution in [0.3, 0.4) is 0 Å². The maximum absolute atomic E-state index is 6.06. The molecule has 0 amide bonds. The number of halogens is 1. The molecule has 7 heteroatoms. The molecule has 0 aliphatic carbocycles. The van der Waals surface area contributed by atoms with Crippen molar-refractivity contribution in [1.29, 1.82) is 0 Å². The number of hydrogen-bond acceptors (Lipinski definition) is 3. The zero-order valence-corrected chi connectivity index (χ0v) is 12.5. The Morgan fingerprint density at radius 3 is 2.85 bits per heavy atom. The molecule has 3 aromatic rings. The minimum absolute atomic E-state index is 0.198. The summed E-state index contributed by atoms with van der Waals surface area (Å²) in [6.07, 6.45) is 3.74. The number of imidazole rings is 1. The number of hydrogen-bond donors (Lipinski definition) is 0. The lowest BCUT2D eigenvalue weighted by atomic mass is 10.3. The summed E-state index contributed by atoms with van der Waals surface area (Å²) in [5.74, 6) is 1.26. The van der Waals surface area contributed by atoms with Gasteiger partial charge in [-0.05, 0) is 19.9 Å². The minimum Gasteiger partial charge on any atom is -0.307 e. The van der Waals surface area contributed by atoms with Crippen LogP contribution in [0.1, 0.15) is 24.5 Å². The van der Waals surface area contributed by atoms with Gasteiger partial charge >= 0.3 is 0 Å². The molecule has 0 aliphatic heterocycles. The van der Waals surface area contributed by atoms with Crippen LogP contribution in [-0.2, 0) is 19.5 Å².